The predicted molar refractivity (Wildman–Crippen MR) is 142 cm³/mol. The van der Waals surface area contributed by atoms with E-state index in [0.717, 1.165) is 21.6 Å². The molecule has 1 aliphatic rings. The molecule has 1 N–H and O–H groups in total. The van der Waals surface area contributed by atoms with Crippen molar-refractivity contribution in [2.75, 3.05) is 13.2 Å². The van der Waals surface area contributed by atoms with Crippen LogP contribution < -0.4 is 0 Å². The Hall–Kier alpha value is -5.03. The Morgan fingerprint density at radius 3 is 1.97 bits per heavy atom. The number of Topliss-reactive ketones (excluding diaryl/α,β-unsaturated/α-hetero) is 1. The second kappa shape index (κ2) is 12.0. The van der Waals surface area contributed by atoms with Gasteiger partial charge in [0.05, 0.1) is 17.0 Å². The molecule has 0 saturated heterocycles. The van der Waals surface area contributed by atoms with Gasteiger partial charge in [-0.3, -0.25) is 28.9 Å². The van der Waals surface area contributed by atoms with Crippen LogP contribution in [0.3, 0.4) is 0 Å². The summed E-state index contributed by atoms with van der Waals surface area (Å²) >= 11 is 0. The minimum atomic E-state index is -1.16. The number of hydrogen-bond acceptors (Lipinski definition) is 6. The Bertz CT molecular complexity index is 1460. The second-order valence-electron chi connectivity index (χ2n) is 9.00. The number of ketones is 1. The first-order chi connectivity index (χ1) is 18.7. The van der Waals surface area contributed by atoms with Crippen molar-refractivity contribution in [3.05, 3.63) is 95.1 Å². The molecule has 1 heterocycles. The van der Waals surface area contributed by atoms with E-state index in [1.54, 1.807) is 48.5 Å². The largest absolute Gasteiger partial charge is 0.481 e. The average Bonchev–Trinajstić information content (AvgIpc) is 3.18. The lowest BCUT2D eigenvalue weighted by molar-refractivity contribution is -0.142. The molecule has 0 spiro atoms. The van der Waals surface area contributed by atoms with Gasteiger partial charge in [-0.15, -0.1) is 0 Å². The number of amides is 2. The van der Waals surface area contributed by atoms with Crippen LogP contribution in [0, 0.1) is 17.8 Å². The number of imide groups is 1. The van der Waals surface area contributed by atoms with Crippen LogP contribution in [0.25, 0.3) is 11.1 Å². The Balaban J connectivity index is 1.35. The number of carboxylic acids is 1. The number of carbonyl (C=O) groups excluding carboxylic acids is 4. The first kappa shape index (κ1) is 27.0. The standard InChI is InChI=1S/C31H25NO7/c1-20(33)39-18-4-5-21-8-10-22(11-9-21)23-12-14-24(15-13-23)28(34)19-25(31(37)38)16-17-32-29(35)26-6-2-3-7-27(26)30(32)36/h2-3,6-15,25H,16-19H2,1H3,(H,37,38). The minimum absolute atomic E-state index is 0.0259. The van der Waals surface area contributed by atoms with Crippen LogP contribution in [0.1, 0.15) is 56.4 Å². The fourth-order valence-corrected chi connectivity index (χ4v) is 4.25. The molecule has 0 aliphatic carbocycles. The summed E-state index contributed by atoms with van der Waals surface area (Å²) < 4.78 is 4.78. The highest BCUT2D eigenvalue weighted by molar-refractivity contribution is 6.21. The second-order valence-corrected chi connectivity index (χ2v) is 9.00. The molecule has 8 heteroatoms. The summed E-state index contributed by atoms with van der Waals surface area (Å²) in [5.74, 6) is 1.83. The van der Waals surface area contributed by atoms with Gasteiger partial charge in [-0.2, -0.15) is 0 Å². The van der Waals surface area contributed by atoms with Crippen LogP contribution in [0.2, 0.25) is 0 Å². The average molecular weight is 524 g/mol. The van der Waals surface area contributed by atoms with Crippen molar-refractivity contribution >= 4 is 29.5 Å². The van der Waals surface area contributed by atoms with Gasteiger partial charge >= 0.3 is 11.9 Å². The highest BCUT2D eigenvalue weighted by atomic mass is 16.5. The fraction of sp³-hybridized carbons (Fsp3) is 0.194. The molecule has 39 heavy (non-hydrogen) atoms. The fourth-order valence-electron chi connectivity index (χ4n) is 4.25. The van der Waals surface area contributed by atoms with Crippen molar-refractivity contribution in [3.63, 3.8) is 0 Å². The molecule has 3 aromatic rings. The van der Waals surface area contributed by atoms with Gasteiger partial charge in [-0.05, 0) is 41.8 Å². The van der Waals surface area contributed by atoms with Gasteiger partial charge in [0, 0.05) is 31.0 Å². The molecule has 8 nitrogen and oxygen atoms in total. The van der Waals surface area contributed by atoms with Gasteiger partial charge in [-0.25, -0.2) is 0 Å². The lowest BCUT2D eigenvalue weighted by Gasteiger charge is -2.17. The topological polar surface area (TPSA) is 118 Å². The van der Waals surface area contributed by atoms with E-state index in [-0.39, 0.29) is 37.7 Å². The Morgan fingerprint density at radius 2 is 1.44 bits per heavy atom. The monoisotopic (exact) mass is 523 g/mol. The first-order valence-electron chi connectivity index (χ1n) is 12.3. The van der Waals surface area contributed by atoms with E-state index in [0.29, 0.717) is 16.7 Å². The molecule has 196 valence electrons. The van der Waals surface area contributed by atoms with E-state index in [1.165, 1.54) is 6.92 Å². The molecule has 0 fully saturated rings. The quantitative estimate of drug-likeness (QED) is 0.193. The molecule has 1 atom stereocenters. The van der Waals surface area contributed by atoms with Crippen LogP contribution in [0.4, 0.5) is 0 Å². The van der Waals surface area contributed by atoms with Crippen LogP contribution in [-0.4, -0.2) is 52.7 Å². The summed E-state index contributed by atoms with van der Waals surface area (Å²) in [7, 11) is 0. The zero-order valence-corrected chi connectivity index (χ0v) is 21.2. The summed E-state index contributed by atoms with van der Waals surface area (Å²) in [5.41, 5.74) is 3.51. The number of ether oxygens (including phenoxy) is 1. The molecule has 2 amide bonds. The molecule has 1 aliphatic heterocycles. The van der Waals surface area contributed by atoms with Crippen molar-refractivity contribution in [1.82, 2.24) is 4.90 Å². The summed E-state index contributed by atoms with van der Waals surface area (Å²) in [5, 5.41) is 9.68. The molecule has 0 bridgehead atoms. The Labute approximate surface area is 225 Å². The van der Waals surface area contributed by atoms with E-state index in [9.17, 15) is 29.1 Å². The lowest BCUT2D eigenvalue weighted by Crippen LogP contribution is -2.33. The number of aliphatic carboxylic acids is 1. The van der Waals surface area contributed by atoms with Crippen molar-refractivity contribution < 1.29 is 33.8 Å². The molecule has 1 unspecified atom stereocenters. The minimum Gasteiger partial charge on any atom is -0.481 e. The maximum Gasteiger partial charge on any atom is 0.307 e. The number of rotatable bonds is 9. The molecule has 0 radical (unpaired) electrons. The van der Waals surface area contributed by atoms with Gasteiger partial charge in [0.25, 0.3) is 11.8 Å². The van der Waals surface area contributed by atoms with Crippen molar-refractivity contribution in [1.29, 1.82) is 0 Å². The third-order valence-corrected chi connectivity index (χ3v) is 6.37. The third-order valence-electron chi connectivity index (χ3n) is 6.37. The SMILES string of the molecule is CC(=O)OCC#Cc1ccc(-c2ccc(C(=O)CC(CCN3C(=O)c4ccccc4C3=O)C(=O)O)cc2)cc1. The zero-order valence-electron chi connectivity index (χ0n) is 21.2. The van der Waals surface area contributed by atoms with Crippen LogP contribution >= 0.6 is 0 Å². The Kier molecular flexibility index (Phi) is 8.32. The molecular weight excluding hydrogens is 498 g/mol. The van der Waals surface area contributed by atoms with Crippen molar-refractivity contribution in [3.8, 4) is 23.0 Å². The van der Waals surface area contributed by atoms with Gasteiger partial charge in [0.1, 0.15) is 0 Å². The lowest BCUT2D eigenvalue weighted by atomic mass is 9.94. The first-order valence-corrected chi connectivity index (χ1v) is 12.3. The number of esters is 1. The maximum absolute atomic E-state index is 12.9. The van der Waals surface area contributed by atoms with Gasteiger partial charge < -0.3 is 9.84 Å². The summed E-state index contributed by atoms with van der Waals surface area (Å²) in [6, 6.07) is 20.7. The van der Waals surface area contributed by atoms with E-state index < -0.39 is 23.7 Å². The molecule has 4 rings (SSSR count). The summed E-state index contributed by atoms with van der Waals surface area (Å²) in [6.45, 7) is 1.26. The highest BCUT2D eigenvalue weighted by Gasteiger charge is 2.36. The number of benzene rings is 3. The van der Waals surface area contributed by atoms with E-state index in [2.05, 4.69) is 11.8 Å². The maximum atomic E-state index is 12.9. The van der Waals surface area contributed by atoms with Crippen molar-refractivity contribution in [2.24, 2.45) is 5.92 Å². The summed E-state index contributed by atoms with van der Waals surface area (Å²) in [4.78, 5) is 61.6. The highest BCUT2D eigenvalue weighted by Crippen LogP contribution is 2.25. The molecule has 0 saturated carbocycles. The van der Waals surface area contributed by atoms with Gasteiger partial charge in [0.15, 0.2) is 12.4 Å². The predicted octanol–water partition coefficient (Wildman–Crippen LogP) is 4.23. The zero-order chi connectivity index (χ0) is 27.9. The van der Waals surface area contributed by atoms with E-state index >= 15 is 0 Å². The number of carboxylic acid groups (broad SMARTS) is 1. The summed E-state index contributed by atoms with van der Waals surface area (Å²) in [6.07, 6.45) is -0.278. The molecule has 0 aromatic heterocycles. The number of fused-ring (bicyclic) bond motifs is 1. The van der Waals surface area contributed by atoms with Crippen LogP contribution in [-0.2, 0) is 14.3 Å². The number of nitrogens with zero attached hydrogens (tertiary/aromatic N) is 1. The van der Waals surface area contributed by atoms with Gasteiger partial charge in [0.2, 0.25) is 0 Å². The number of carbonyl (C=O) groups is 5. The van der Waals surface area contributed by atoms with E-state index in [4.69, 9.17) is 4.74 Å². The molecule has 3 aromatic carbocycles. The van der Waals surface area contributed by atoms with Crippen molar-refractivity contribution in [2.45, 2.75) is 19.8 Å². The smallest absolute Gasteiger partial charge is 0.307 e. The third kappa shape index (κ3) is 6.46. The number of hydrogen-bond donors (Lipinski definition) is 1. The van der Waals surface area contributed by atoms with Crippen LogP contribution in [0.15, 0.2) is 72.8 Å². The van der Waals surface area contributed by atoms with E-state index in [1.807, 2.05) is 24.3 Å². The Morgan fingerprint density at radius 1 is 0.872 bits per heavy atom. The molecular formula is C31H25NO7. The normalized spacial score (nSPS) is 12.8. The van der Waals surface area contributed by atoms with Gasteiger partial charge in [-0.1, -0.05) is 60.4 Å². The van der Waals surface area contributed by atoms with Crippen LogP contribution in [0.5, 0.6) is 0 Å².